The van der Waals surface area contributed by atoms with E-state index in [4.69, 9.17) is 4.74 Å². The second-order valence-corrected chi connectivity index (χ2v) is 9.68. The van der Waals surface area contributed by atoms with E-state index in [1.54, 1.807) is 13.2 Å². The molecule has 1 fully saturated rings. The molecule has 1 saturated heterocycles. The van der Waals surface area contributed by atoms with Crippen LogP contribution >= 0.6 is 0 Å². The van der Waals surface area contributed by atoms with Crippen molar-refractivity contribution in [3.63, 3.8) is 0 Å². The maximum absolute atomic E-state index is 12.9. The molecule has 2 unspecified atom stereocenters. The molecular formula is C20H19AsF3N3O2. The first kappa shape index (κ1) is 20.1. The molecule has 2 aromatic heterocycles. The summed E-state index contributed by atoms with van der Waals surface area (Å²) in [6.07, 6.45) is -0.304. The maximum atomic E-state index is 12.9. The standard InChI is InChI=1S/C20H19AsF3N3O2/c1-27-11-26-17-15(13-2-4-14(5-3-13)20(22,23)24)9-25-18(16(17)19(27)28)21-8-12-6-7-29-10-12/h2-5,9,11-12,21H,6-8,10H2,1H3. The van der Waals surface area contributed by atoms with Gasteiger partial charge >= 0.3 is 171 Å². The van der Waals surface area contributed by atoms with Crippen molar-refractivity contribution in [1.82, 2.24) is 14.5 Å². The van der Waals surface area contributed by atoms with E-state index in [9.17, 15) is 18.0 Å². The van der Waals surface area contributed by atoms with Crippen LogP contribution in [0.4, 0.5) is 13.2 Å². The van der Waals surface area contributed by atoms with Crippen molar-refractivity contribution in [2.75, 3.05) is 13.2 Å². The molecule has 0 N–H and O–H groups in total. The summed E-state index contributed by atoms with van der Waals surface area (Å²) in [5.41, 5.74) is 0.699. The Bertz CT molecular complexity index is 1090. The van der Waals surface area contributed by atoms with Crippen LogP contribution in [0.15, 0.2) is 41.6 Å². The first-order valence-corrected chi connectivity index (χ1v) is 11.7. The van der Waals surface area contributed by atoms with Crippen LogP contribution < -0.4 is 10.0 Å². The Labute approximate surface area is 171 Å². The Morgan fingerprint density at radius 3 is 2.66 bits per heavy atom. The minimum atomic E-state index is -4.40. The van der Waals surface area contributed by atoms with Crippen LogP contribution in [0.3, 0.4) is 0 Å². The summed E-state index contributed by atoms with van der Waals surface area (Å²) < 4.78 is 46.2. The SMILES string of the molecule is Cn1cnc2c(-c3ccc(C(F)(F)F)cc3)cnc([AsH]CC3CCOC3)c2c1=O. The van der Waals surface area contributed by atoms with E-state index < -0.39 is 27.5 Å². The van der Waals surface area contributed by atoms with Gasteiger partial charge in [-0.1, -0.05) is 0 Å². The van der Waals surface area contributed by atoms with Gasteiger partial charge < -0.3 is 0 Å². The molecule has 3 heterocycles. The van der Waals surface area contributed by atoms with Gasteiger partial charge in [0.1, 0.15) is 0 Å². The second kappa shape index (κ2) is 7.92. The average Bonchev–Trinajstić information content (AvgIpc) is 3.22. The normalized spacial score (nSPS) is 17.6. The molecule has 0 aliphatic carbocycles. The van der Waals surface area contributed by atoms with E-state index in [-0.39, 0.29) is 5.56 Å². The fourth-order valence-corrected chi connectivity index (χ4v) is 6.24. The molecule has 152 valence electrons. The van der Waals surface area contributed by atoms with Crippen LogP contribution in [0.5, 0.6) is 0 Å². The molecule has 0 spiro atoms. The molecule has 4 rings (SSSR count). The summed E-state index contributed by atoms with van der Waals surface area (Å²) in [6.45, 7) is 1.53. The fraction of sp³-hybridized carbons (Fsp3) is 0.350. The predicted octanol–water partition coefficient (Wildman–Crippen LogP) is 2.53. The summed E-state index contributed by atoms with van der Waals surface area (Å²) in [4.78, 5) is 21.8. The van der Waals surface area contributed by atoms with E-state index >= 15 is 0 Å². The van der Waals surface area contributed by atoms with Crippen molar-refractivity contribution in [3.05, 3.63) is 52.7 Å². The second-order valence-electron chi connectivity index (χ2n) is 7.09. The van der Waals surface area contributed by atoms with Crippen molar-refractivity contribution in [3.8, 4) is 11.1 Å². The molecule has 3 aromatic rings. The van der Waals surface area contributed by atoms with Gasteiger partial charge in [0.05, 0.1) is 0 Å². The third-order valence-corrected chi connectivity index (χ3v) is 8.19. The van der Waals surface area contributed by atoms with Crippen LogP contribution in [-0.2, 0) is 18.0 Å². The summed E-state index contributed by atoms with van der Waals surface area (Å²) in [7, 11) is 1.63. The Morgan fingerprint density at radius 1 is 1.24 bits per heavy atom. The number of ether oxygens (including phenoxy) is 1. The molecule has 0 bridgehead atoms. The zero-order valence-electron chi connectivity index (χ0n) is 15.7. The number of halogens is 3. The molecule has 5 nitrogen and oxygen atoms in total. The van der Waals surface area contributed by atoms with Gasteiger partial charge in [-0.15, -0.1) is 0 Å². The summed E-state index contributed by atoms with van der Waals surface area (Å²) in [5, 5.41) is 1.46. The van der Waals surface area contributed by atoms with Crippen LogP contribution in [0.25, 0.3) is 22.0 Å². The molecule has 1 aromatic carbocycles. The third kappa shape index (κ3) is 4.09. The number of nitrogens with zero attached hydrogens (tertiary/aromatic N) is 3. The van der Waals surface area contributed by atoms with Gasteiger partial charge in [0.2, 0.25) is 0 Å². The zero-order valence-corrected chi connectivity index (χ0v) is 17.8. The summed E-state index contributed by atoms with van der Waals surface area (Å²) >= 11 is -0.670. The van der Waals surface area contributed by atoms with E-state index in [1.807, 2.05) is 0 Å². The monoisotopic (exact) mass is 465 g/mol. The van der Waals surface area contributed by atoms with Crippen LogP contribution in [0.1, 0.15) is 12.0 Å². The number of aryl methyl sites for hydroxylation is 1. The number of hydrogen-bond donors (Lipinski definition) is 0. The Kier molecular flexibility index (Phi) is 5.49. The van der Waals surface area contributed by atoms with Crippen molar-refractivity contribution >= 4 is 31.1 Å². The number of hydrogen-bond acceptors (Lipinski definition) is 4. The van der Waals surface area contributed by atoms with Gasteiger partial charge in [-0.25, -0.2) is 0 Å². The predicted molar refractivity (Wildman–Crippen MR) is 106 cm³/mol. The molecule has 1 aliphatic heterocycles. The fourth-order valence-electron chi connectivity index (χ4n) is 3.38. The van der Waals surface area contributed by atoms with E-state index in [0.717, 1.165) is 41.5 Å². The number of aromatic nitrogens is 3. The van der Waals surface area contributed by atoms with Gasteiger partial charge in [0, 0.05) is 0 Å². The summed E-state index contributed by atoms with van der Waals surface area (Å²) in [5.74, 6) is 0.502. The van der Waals surface area contributed by atoms with E-state index in [1.165, 1.54) is 23.0 Å². The summed E-state index contributed by atoms with van der Waals surface area (Å²) in [6, 6.07) is 4.85. The van der Waals surface area contributed by atoms with Crippen LogP contribution in [-0.4, -0.2) is 43.5 Å². The molecule has 2 atom stereocenters. The van der Waals surface area contributed by atoms with E-state index in [2.05, 4.69) is 9.97 Å². The van der Waals surface area contributed by atoms with Crippen molar-refractivity contribution < 1.29 is 17.9 Å². The molecule has 1 aliphatic rings. The van der Waals surface area contributed by atoms with Gasteiger partial charge in [0.15, 0.2) is 0 Å². The topological polar surface area (TPSA) is 57.0 Å². The molecule has 0 saturated carbocycles. The molecule has 29 heavy (non-hydrogen) atoms. The number of fused-ring (bicyclic) bond motifs is 1. The number of rotatable bonds is 4. The van der Waals surface area contributed by atoms with Crippen molar-refractivity contribution in [2.24, 2.45) is 13.0 Å². The number of pyridine rings is 1. The molecule has 0 amide bonds. The first-order valence-electron chi connectivity index (χ1n) is 9.18. The van der Waals surface area contributed by atoms with Gasteiger partial charge in [0.25, 0.3) is 0 Å². The Balaban J connectivity index is 1.77. The Morgan fingerprint density at radius 2 is 2.00 bits per heavy atom. The van der Waals surface area contributed by atoms with Crippen LogP contribution in [0, 0.1) is 5.92 Å². The molecule has 9 heteroatoms. The number of alkyl halides is 3. The zero-order chi connectivity index (χ0) is 20.6. The van der Waals surface area contributed by atoms with Crippen LogP contribution in [0.2, 0.25) is 5.21 Å². The van der Waals surface area contributed by atoms with Crippen molar-refractivity contribution in [2.45, 2.75) is 17.8 Å². The van der Waals surface area contributed by atoms with Crippen molar-refractivity contribution in [1.29, 1.82) is 0 Å². The first-order chi connectivity index (χ1) is 13.8. The van der Waals surface area contributed by atoms with Gasteiger partial charge in [-0.3, -0.25) is 0 Å². The van der Waals surface area contributed by atoms with Gasteiger partial charge in [-0.2, -0.15) is 0 Å². The minimum absolute atomic E-state index is 0.183. The average molecular weight is 465 g/mol. The van der Waals surface area contributed by atoms with E-state index in [0.29, 0.717) is 27.9 Å². The Hall–Kier alpha value is -2.18. The van der Waals surface area contributed by atoms with Gasteiger partial charge in [-0.05, 0) is 0 Å². The quantitative estimate of drug-likeness (QED) is 0.556. The molecular weight excluding hydrogens is 446 g/mol. The molecule has 0 radical (unpaired) electrons. The third-order valence-electron chi connectivity index (χ3n) is 5.05. The number of benzene rings is 1.